The number of carbonyl (C=O) groups excluding carboxylic acids is 2. The van der Waals surface area contributed by atoms with Crippen molar-refractivity contribution in [3.8, 4) is 5.75 Å². The summed E-state index contributed by atoms with van der Waals surface area (Å²) in [5.74, 6) is 0.440. The number of rotatable bonds is 8. The van der Waals surface area contributed by atoms with E-state index in [1.54, 1.807) is 18.2 Å². The maximum atomic E-state index is 11.7. The van der Waals surface area contributed by atoms with Crippen molar-refractivity contribution in [1.29, 1.82) is 0 Å². The van der Waals surface area contributed by atoms with Crippen molar-refractivity contribution in [2.75, 3.05) is 26.2 Å². The first-order valence-corrected chi connectivity index (χ1v) is 8.42. The van der Waals surface area contributed by atoms with Gasteiger partial charge in [-0.15, -0.1) is 0 Å². The number of carbonyl (C=O) groups is 2. The maximum Gasteiger partial charge on any atom is 0.160 e. The van der Waals surface area contributed by atoms with Crippen LogP contribution in [0, 0.1) is 5.41 Å². The van der Waals surface area contributed by atoms with Gasteiger partial charge in [0.2, 0.25) is 0 Å². The Kier molecular flexibility index (Phi) is 5.58. The summed E-state index contributed by atoms with van der Waals surface area (Å²) in [6.45, 7) is 11.2. The summed E-state index contributed by atoms with van der Waals surface area (Å²) in [5, 5.41) is 0. The van der Waals surface area contributed by atoms with E-state index in [1.165, 1.54) is 26.7 Å². The van der Waals surface area contributed by atoms with Crippen molar-refractivity contribution in [2.45, 2.75) is 40.5 Å². The smallest absolute Gasteiger partial charge is 0.160 e. The van der Waals surface area contributed by atoms with Crippen LogP contribution in [0.25, 0.3) is 0 Å². The van der Waals surface area contributed by atoms with Gasteiger partial charge in [0.05, 0.1) is 0 Å². The number of hydrogen-bond donors (Lipinski definition) is 0. The molecule has 2 rings (SSSR count). The molecule has 0 aromatic heterocycles. The fraction of sp³-hybridized carbons (Fsp3) is 0.579. The highest BCUT2D eigenvalue weighted by Crippen LogP contribution is 2.36. The molecule has 4 heteroatoms. The summed E-state index contributed by atoms with van der Waals surface area (Å²) in [4.78, 5) is 25.6. The normalized spacial score (nSPS) is 16.7. The van der Waals surface area contributed by atoms with Gasteiger partial charge in [-0.3, -0.25) is 14.5 Å². The fourth-order valence-electron chi connectivity index (χ4n) is 3.26. The van der Waals surface area contributed by atoms with Crippen LogP contribution in [-0.2, 0) is 0 Å². The van der Waals surface area contributed by atoms with E-state index in [9.17, 15) is 9.59 Å². The lowest BCUT2D eigenvalue weighted by Crippen LogP contribution is -2.56. The minimum absolute atomic E-state index is 0.0993. The Morgan fingerprint density at radius 2 is 1.70 bits per heavy atom. The molecule has 0 N–H and O–H groups in total. The molecule has 1 heterocycles. The molecular weight excluding hydrogens is 290 g/mol. The molecular formula is C19H27NO3. The van der Waals surface area contributed by atoms with Gasteiger partial charge in [0.25, 0.3) is 0 Å². The van der Waals surface area contributed by atoms with E-state index < -0.39 is 0 Å². The van der Waals surface area contributed by atoms with Gasteiger partial charge >= 0.3 is 0 Å². The SMILES string of the molecule is CCC1(CC)CN(CCOc2ccc(C(C)=O)c(C(C)=O)c2)C1. The summed E-state index contributed by atoms with van der Waals surface area (Å²) in [6, 6.07) is 5.12. The second-order valence-electron chi connectivity index (χ2n) is 6.59. The molecule has 1 aromatic carbocycles. The first-order chi connectivity index (χ1) is 10.9. The highest BCUT2D eigenvalue weighted by molar-refractivity contribution is 6.07. The van der Waals surface area contributed by atoms with Crippen molar-refractivity contribution >= 4 is 11.6 Å². The second kappa shape index (κ2) is 7.26. The molecule has 23 heavy (non-hydrogen) atoms. The van der Waals surface area contributed by atoms with E-state index in [0.29, 0.717) is 28.9 Å². The Labute approximate surface area is 138 Å². The third kappa shape index (κ3) is 3.99. The van der Waals surface area contributed by atoms with Crippen LogP contribution in [-0.4, -0.2) is 42.7 Å². The first-order valence-electron chi connectivity index (χ1n) is 8.42. The number of ketones is 2. The molecule has 4 nitrogen and oxygen atoms in total. The van der Waals surface area contributed by atoms with Crippen LogP contribution < -0.4 is 4.74 Å². The molecule has 0 saturated carbocycles. The van der Waals surface area contributed by atoms with E-state index in [0.717, 1.165) is 19.6 Å². The lowest BCUT2D eigenvalue weighted by molar-refractivity contribution is -0.0128. The molecule has 0 radical (unpaired) electrons. The van der Waals surface area contributed by atoms with Crippen LogP contribution in [0.15, 0.2) is 18.2 Å². The zero-order valence-corrected chi connectivity index (χ0v) is 14.6. The van der Waals surface area contributed by atoms with Crippen molar-refractivity contribution in [3.63, 3.8) is 0 Å². The molecule has 0 unspecified atom stereocenters. The minimum atomic E-state index is -0.112. The minimum Gasteiger partial charge on any atom is -0.492 e. The van der Waals surface area contributed by atoms with Crippen molar-refractivity contribution in [2.24, 2.45) is 5.41 Å². The van der Waals surface area contributed by atoms with Crippen LogP contribution in [0.3, 0.4) is 0 Å². The summed E-state index contributed by atoms with van der Waals surface area (Å²) in [6.07, 6.45) is 2.46. The number of benzene rings is 1. The van der Waals surface area contributed by atoms with E-state index in [4.69, 9.17) is 4.74 Å². The Morgan fingerprint density at radius 1 is 1.09 bits per heavy atom. The number of hydrogen-bond acceptors (Lipinski definition) is 4. The predicted octanol–water partition coefficient (Wildman–Crippen LogP) is 3.59. The topological polar surface area (TPSA) is 46.6 Å². The van der Waals surface area contributed by atoms with E-state index in [-0.39, 0.29) is 11.6 Å². The molecule has 1 aliphatic rings. The monoisotopic (exact) mass is 317 g/mol. The van der Waals surface area contributed by atoms with Crippen LogP contribution in [0.1, 0.15) is 61.3 Å². The van der Waals surface area contributed by atoms with Crippen molar-refractivity contribution < 1.29 is 14.3 Å². The van der Waals surface area contributed by atoms with Crippen LogP contribution in [0.2, 0.25) is 0 Å². The van der Waals surface area contributed by atoms with Gasteiger partial charge in [0.1, 0.15) is 12.4 Å². The predicted molar refractivity (Wildman–Crippen MR) is 91.4 cm³/mol. The van der Waals surface area contributed by atoms with Crippen LogP contribution >= 0.6 is 0 Å². The molecule has 0 atom stereocenters. The Morgan fingerprint density at radius 3 is 2.22 bits per heavy atom. The first kappa shape index (κ1) is 17.7. The molecule has 1 aromatic rings. The number of nitrogens with zero attached hydrogens (tertiary/aromatic N) is 1. The van der Waals surface area contributed by atoms with Gasteiger partial charge in [0.15, 0.2) is 11.6 Å². The largest absolute Gasteiger partial charge is 0.492 e. The zero-order valence-electron chi connectivity index (χ0n) is 14.6. The summed E-state index contributed by atoms with van der Waals surface area (Å²) >= 11 is 0. The number of Topliss-reactive ketones (excluding diaryl/α,β-unsaturated/α-hetero) is 2. The maximum absolute atomic E-state index is 11.7. The summed E-state index contributed by atoms with van der Waals surface area (Å²) in [5.41, 5.74) is 1.41. The molecule has 1 aliphatic heterocycles. The third-order valence-electron chi connectivity index (χ3n) is 5.04. The molecule has 1 fully saturated rings. The van der Waals surface area contributed by atoms with E-state index >= 15 is 0 Å². The molecule has 0 aliphatic carbocycles. The van der Waals surface area contributed by atoms with Gasteiger partial charge in [-0.1, -0.05) is 13.8 Å². The Balaban J connectivity index is 1.89. The highest BCUT2D eigenvalue weighted by atomic mass is 16.5. The Bertz CT molecular complexity index is 582. The van der Waals surface area contributed by atoms with Gasteiger partial charge in [-0.2, -0.15) is 0 Å². The summed E-state index contributed by atoms with van der Waals surface area (Å²) < 4.78 is 5.77. The molecule has 1 saturated heterocycles. The van der Waals surface area contributed by atoms with Crippen molar-refractivity contribution in [1.82, 2.24) is 4.90 Å². The molecule has 0 amide bonds. The number of likely N-dealkylation sites (tertiary alicyclic amines) is 1. The quantitative estimate of drug-likeness (QED) is 0.687. The lowest BCUT2D eigenvalue weighted by atomic mass is 9.75. The van der Waals surface area contributed by atoms with Crippen LogP contribution in [0.5, 0.6) is 5.75 Å². The average Bonchev–Trinajstić information content (AvgIpc) is 2.49. The zero-order chi connectivity index (χ0) is 17.0. The van der Waals surface area contributed by atoms with Crippen molar-refractivity contribution in [3.05, 3.63) is 29.3 Å². The fourth-order valence-corrected chi connectivity index (χ4v) is 3.26. The molecule has 0 bridgehead atoms. The van der Waals surface area contributed by atoms with Crippen LogP contribution in [0.4, 0.5) is 0 Å². The lowest BCUT2D eigenvalue weighted by Gasteiger charge is -2.49. The van der Waals surface area contributed by atoms with E-state index in [1.807, 2.05) is 0 Å². The molecule has 0 spiro atoms. The second-order valence-corrected chi connectivity index (χ2v) is 6.59. The third-order valence-corrected chi connectivity index (χ3v) is 5.04. The van der Waals surface area contributed by atoms with E-state index in [2.05, 4.69) is 18.7 Å². The standard InChI is InChI=1S/C19H27NO3/c1-5-19(6-2)12-20(13-19)9-10-23-16-7-8-17(14(3)21)18(11-16)15(4)22/h7-8,11H,5-6,9-10,12-13H2,1-4H3. The van der Waals surface area contributed by atoms with Gasteiger partial charge in [-0.05, 0) is 50.3 Å². The van der Waals surface area contributed by atoms with Gasteiger partial charge in [0, 0.05) is 30.8 Å². The molecule has 126 valence electrons. The van der Waals surface area contributed by atoms with Gasteiger partial charge in [-0.25, -0.2) is 0 Å². The average molecular weight is 317 g/mol. The summed E-state index contributed by atoms with van der Waals surface area (Å²) in [7, 11) is 0. The Hall–Kier alpha value is -1.68. The van der Waals surface area contributed by atoms with Gasteiger partial charge < -0.3 is 4.74 Å². The number of ether oxygens (including phenoxy) is 1. The highest BCUT2D eigenvalue weighted by Gasteiger charge is 2.39.